The second-order valence-corrected chi connectivity index (χ2v) is 14.6. The summed E-state index contributed by atoms with van der Waals surface area (Å²) in [5.41, 5.74) is 3.74. The van der Waals surface area contributed by atoms with Gasteiger partial charge in [-0.1, -0.05) is 35.4 Å². The molecule has 0 radical (unpaired) electrons. The second-order valence-electron chi connectivity index (χ2n) is 10.1. The minimum Gasteiger partial charge on any atom is -0.466 e. The van der Waals surface area contributed by atoms with Gasteiger partial charge < -0.3 is 4.74 Å². The van der Waals surface area contributed by atoms with Crippen molar-refractivity contribution in [2.75, 3.05) is 17.5 Å². The van der Waals surface area contributed by atoms with Crippen LogP contribution in [0.2, 0.25) is 0 Å². The molecule has 6 rings (SSSR count). The van der Waals surface area contributed by atoms with Crippen LogP contribution in [0, 0.1) is 13.8 Å². The molecule has 0 aliphatic carbocycles. The highest BCUT2D eigenvalue weighted by Crippen LogP contribution is 2.30. The Hall–Kier alpha value is -4.21. The van der Waals surface area contributed by atoms with Gasteiger partial charge in [-0.2, -0.15) is 0 Å². The van der Waals surface area contributed by atoms with Crippen LogP contribution in [0.3, 0.4) is 0 Å². The summed E-state index contributed by atoms with van der Waals surface area (Å²) < 4.78 is 58.8. The molecule has 12 nitrogen and oxygen atoms in total. The smallest absolute Gasteiger partial charge is 0.311 e. The Balaban J connectivity index is 0.000000182. The van der Waals surface area contributed by atoms with Gasteiger partial charge in [0, 0.05) is 19.2 Å². The first-order valence-electron chi connectivity index (χ1n) is 13.8. The summed E-state index contributed by atoms with van der Waals surface area (Å²) in [4.78, 5) is 28.9. The monoisotopic (exact) mass is 712 g/mol. The fourth-order valence-corrected chi connectivity index (χ4v) is 7.61. The summed E-state index contributed by atoms with van der Waals surface area (Å²) in [6, 6.07) is 15.0. The van der Waals surface area contributed by atoms with E-state index in [1.165, 1.54) is 22.9 Å². The van der Waals surface area contributed by atoms with Crippen LogP contribution in [0.5, 0.6) is 0 Å². The quantitative estimate of drug-likeness (QED) is 0.222. The van der Waals surface area contributed by atoms with Gasteiger partial charge in [-0.3, -0.25) is 4.79 Å². The van der Waals surface area contributed by atoms with Crippen LogP contribution in [0.1, 0.15) is 29.4 Å². The Labute approximate surface area is 269 Å². The first-order valence-corrected chi connectivity index (χ1v) is 17.5. The summed E-state index contributed by atoms with van der Waals surface area (Å²) >= 11 is 3.25. The Kier molecular flexibility index (Phi) is 9.32. The molecule has 2 aromatic carbocycles. The zero-order valence-electron chi connectivity index (χ0n) is 24.6. The lowest BCUT2D eigenvalue weighted by molar-refractivity contribution is -0.142. The van der Waals surface area contributed by atoms with E-state index in [0.717, 1.165) is 15.1 Å². The van der Waals surface area contributed by atoms with Gasteiger partial charge in [-0.15, -0.1) is 0 Å². The van der Waals surface area contributed by atoms with Crippen molar-refractivity contribution in [2.45, 2.75) is 43.4 Å². The minimum atomic E-state index is -3.76. The average Bonchev–Trinajstić information content (AvgIpc) is 3.63. The van der Waals surface area contributed by atoms with Crippen molar-refractivity contribution in [3.8, 4) is 0 Å². The molecule has 0 unspecified atom stereocenters. The number of nitrogens with zero attached hydrogens (tertiary/aromatic N) is 6. The maximum absolute atomic E-state index is 12.8. The van der Waals surface area contributed by atoms with Crippen molar-refractivity contribution in [1.29, 1.82) is 0 Å². The number of ether oxygens (including phenoxy) is 1. The third-order valence-corrected chi connectivity index (χ3v) is 10.7. The predicted molar refractivity (Wildman–Crippen MR) is 171 cm³/mol. The number of aryl methyl sites for hydroxylation is 2. The van der Waals surface area contributed by atoms with Crippen LogP contribution in [0.25, 0.3) is 11.2 Å². The number of anilines is 1. The maximum atomic E-state index is 12.8. The third kappa shape index (κ3) is 6.89. The van der Waals surface area contributed by atoms with Gasteiger partial charge in [0.25, 0.3) is 20.0 Å². The van der Waals surface area contributed by atoms with Crippen molar-refractivity contribution >= 4 is 58.9 Å². The fourth-order valence-electron chi connectivity index (χ4n) is 4.55. The molecule has 0 fully saturated rings. The van der Waals surface area contributed by atoms with Crippen LogP contribution >= 0.6 is 15.9 Å². The van der Waals surface area contributed by atoms with Gasteiger partial charge in [0.15, 0.2) is 11.5 Å². The Morgan fingerprint density at radius 1 is 0.867 bits per heavy atom. The number of carbonyl (C=O) groups is 1. The Morgan fingerprint density at radius 2 is 1.49 bits per heavy atom. The standard InChI is InChI=1S/C17H17N3O4S.C13H12BrN3O2S/c1-3-24-16(21)10-13-11-18-17-15(19-13)8-9-20(17)25(22,23)14-6-4-12(2)5-7-14;1-9-2-4-10(5-3-9)20(18,19)17-7-6-11-13(17)15-8-12(14)16-11/h4-9,11H,3,10H2,1-2H3;2-5,8H,6-7H2,1H3. The van der Waals surface area contributed by atoms with Crippen LogP contribution in [-0.2, 0) is 42.4 Å². The van der Waals surface area contributed by atoms with Crippen LogP contribution < -0.4 is 4.31 Å². The van der Waals surface area contributed by atoms with Gasteiger partial charge in [0.2, 0.25) is 0 Å². The SMILES string of the molecule is CCOC(=O)Cc1cnc2c(ccn2S(=O)(=O)c2ccc(C)cc2)n1.Cc1ccc(S(=O)(=O)N2CCc3nc(Br)cnc32)cc1. The number of hydrogen-bond acceptors (Lipinski definition) is 10. The van der Waals surface area contributed by atoms with Crippen molar-refractivity contribution in [2.24, 2.45) is 0 Å². The average molecular weight is 714 g/mol. The number of sulfonamides is 1. The van der Waals surface area contributed by atoms with Crippen molar-refractivity contribution in [3.63, 3.8) is 0 Å². The molecule has 5 aromatic rings. The molecule has 0 spiro atoms. The van der Waals surface area contributed by atoms with Gasteiger partial charge in [-0.25, -0.2) is 45.0 Å². The Morgan fingerprint density at radius 3 is 2.11 bits per heavy atom. The summed E-state index contributed by atoms with van der Waals surface area (Å²) in [5, 5.41) is 0. The molecule has 0 saturated heterocycles. The topological polar surface area (TPSA) is 154 Å². The highest BCUT2D eigenvalue weighted by Gasteiger charge is 2.33. The largest absolute Gasteiger partial charge is 0.466 e. The van der Waals surface area contributed by atoms with E-state index >= 15 is 0 Å². The molecule has 1 aliphatic heterocycles. The summed E-state index contributed by atoms with van der Waals surface area (Å²) in [7, 11) is -7.33. The number of halogens is 1. The first-order chi connectivity index (χ1) is 21.4. The molecular weight excluding hydrogens is 684 g/mol. The van der Waals surface area contributed by atoms with Gasteiger partial charge in [-0.05, 0) is 67.0 Å². The maximum Gasteiger partial charge on any atom is 0.311 e. The predicted octanol–water partition coefficient (Wildman–Crippen LogP) is 4.38. The number of aromatic nitrogens is 5. The molecule has 3 aromatic heterocycles. The fraction of sp³-hybridized carbons (Fsp3) is 0.233. The molecule has 0 atom stereocenters. The zero-order chi connectivity index (χ0) is 32.4. The number of fused-ring (bicyclic) bond motifs is 2. The lowest BCUT2D eigenvalue weighted by Crippen LogP contribution is -2.29. The molecule has 0 saturated carbocycles. The normalized spacial score (nSPS) is 12.8. The molecule has 4 heterocycles. The van der Waals surface area contributed by atoms with Crippen molar-refractivity contribution in [3.05, 3.63) is 100 Å². The number of hydrogen-bond donors (Lipinski definition) is 0. The minimum absolute atomic E-state index is 0.00727. The number of esters is 1. The molecule has 1 aliphatic rings. The summed E-state index contributed by atoms with van der Waals surface area (Å²) in [5.74, 6) is 0.0247. The third-order valence-electron chi connectivity index (χ3n) is 6.80. The van der Waals surface area contributed by atoms with Crippen molar-refractivity contribution < 1.29 is 26.4 Å². The first kappa shape index (κ1) is 32.2. The van der Waals surface area contributed by atoms with E-state index in [1.54, 1.807) is 61.5 Å². The van der Waals surface area contributed by atoms with E-state index in [-0.39, 0.29) is 21.9 Å². The molecular formula is C30H29BrN6O6S2. The van der Waals surface area contributed by atoms with E-state index in [1.807, 2.05) is 13.8 Å². The lowest BCUT2D eigenvalue weighted by Gasteiger charge is -2.18. The number of rotatable bonds is 7. The summed E-state index contributed by atoms with van der Waals surface area (Å²) in [6.45, 7) is 6.20. The van der Waals surface area contributed by atoms with E-state index in [9.17, 15) is 21.6 Å². The molecule has 15 heteroatoms. The molecule has 234 valence electrons. The number of benzene rings is 2. The van der Waals surface area contributed by atoms with E-state index in [4.69, 9.17) is 4.74 Å². The Bertz CT molecular complexity index is 2080. The van der Waals surface area contributed by atoms with E-state index in [0.29, 0.717) is 46.9 Å². The molecule has 45 heavy (non-hydrogen) atoms. The van der Waals surface area contributed by atoms with Crippen LogP contribution in [-0.4, -0.2) is 59.9 Å². The van der Waals surface area contributed by atoms with Crippen LogP contribution in [0.15, 0.2) is 87.6 Å². The highest BCUT2D eigenvalue weighted by molar-refractivity contribution is 9.10. The van der Waals surface area contributed by atoms with Gasteiger partial charge >= 0.3 is 5.97 Å². The molecule has 0 amide bonds. The van der Waals surface area contributed by atoms with E-state index < -0.39 is 26.0 Å². The second kappa shape index (κ2) is 13.0. The van der Waals surface area contributed by atoms with E-state index in [2.05, 4.69) is 35.9 Å². The molecule has 0 bridgehead atoms. The van der Waals surface area contributed by atoms with Gasteiger partial charge in [0.05, 0.1) is 46.6 Å². The zero-order valence-corrected chi connectivity index (χ0v) is 27.8. The highest BCUT2D eigenvalue weighted by atomic mass is 79.9. The summed E-state index contributed by atoms with van der Waals surface area (Å²) in [6.07, 6.45) is 4.88. The number of carbonyl (C=O) groups excluding carboxylic acids is 1. The van der Waals surface area contributed by atoms with Crippen molar-refractivity contribution in [1.82, 2.24) is 23.9 Å². The van der Waals surface area contributed by atoms with Crippen LogP contribution in [0.4, 0.5) is 5.82 Å². The van der Waals surface area contributed by atoms with Gasteiger partial charge in [0.1, 0.15) is 10.1 Å². The lowest BCUT2D eigenvalue weighted by atomic mass is 10.2. The molecule has 0 N–H and O–H groups in total.